The smallest absolute Gasteiger partial charge is 0.274 e. The fraction of sp³-hybridized carbons (Fsp3) is 0.429. The molecule has 2 amide bonds. The Morgan fingerprint density at radius 1 is 1.14 bits per heavy atom. The van der Waals surface area contributed by atoms with Gasteiger partial charge < -0.3 is 19.9 Å². The van der Waals surface area contributed by atoms with Crippen molar-refractivity contribution in [1.29, 1.82) is 0 Å². The molecule has 4 rings (SSSR count). The van der Waals surface area contributed by atoms with E-state index in [1.54, 1.807) is 48.7 Å². The number of carbonyl (C=O) groups is 2. The molecule has 1 aromatic carbocycles. The highest BCUT2D eigenvalue weighted by molar-refractivity contribution is 6.02. The number of hydrogen-bond acceptors (Lipinski definition) is 7. The molecule has 3 heterocycles. The SMILES string of the molecule is CC(C)N1CC[C@H](Oc2ccc(C(=O)Nc3ccc(CC(=O)Nc4cc(C(C)(C)C)on4)cc3)nc2)C1. The van der Waals surface area contributed by atoms with E-state index in [0.29, 0.717) is 34.8 Å². The molecular weight excluding hydrogens is 470 g/mol. The quantitative estimate of drug-likeness (QED) is 0.458. The van der Waals surface area contributed by atoms with Gasteiger partial charge in [0.1, 0.15) is 23.3 Å². The Labute approximate surface area is 217 Å². The Hall–Kier alpha value is -3.72. The Bertz CT molecular complexity index is 1210. The third-order valence-corrected chi connectivity index (χ3v) is 6.27. The zero-order valence-corrected chi connectivity index (χ0v) is 22.1. The molecule has 0 saturated carbocycles. The van der Waals surface area contributed by atoms with Crippen LogP contribution in [0.3, 0.4) is 0 Å². The lowest BCUT2D eigenvalue weighted by atomic mass is 9.93. The molecule has 3 aromatic rings. The second kappa shape index (κ2) is 11.1. The Morgan fingerprint density at radius 2 is 1.89 bits per heavy atom. The summed E-state index contributed by atoms with van der Waals surface area (Å²) in [6.07, 6.45) is 2.89. The first-order chi connectivity index (χ1) is 17.6. The summed E-state index contributed by atoms with van der Waals surface area (Å²) in [5.41, 5.74) is 1.53. The molecule has 0 bridgehead atoms. The van der Waals surface area contributed by atoms with Crippen LogP contribution in [0.1, 0.15) is 62.9 Å². The van der Waals surface area contributed by atoms with E-state index in [-0.39, 0.29) is 29.8 Å². The van der Waals surface area contributed by atoms with E-state index >= 15 is 0 Å². The van der Waals surface area contributed by atoms with Crippen molar-refractivity contribution in [2.75, 3.05) is 23.7 Å². The van der Waals surface area contributed by atoms with E-state index in [2.05, 4.69) is 39.5 Å². The lowest BCUT2D eigenvalue weighted by Gasteiger charge is -2.20. The highest BCUT2D eigenvalue weighted by Crippen LogP contribution is 2.24. The topological polar surface area (TPSA) is 110 Å². The highest BCUT2D eigenvalue weighted by Gasteiger charge is 2.25. The number of rotatable bonds is 8. The van der Waals surface area contributed by atoms with Gasteiger partial charge in [0, 0.05) is 36.3 Å². The number of nitrogens with zero attached hydrogens (tertiary/aromatic N) is 3. The largest absolute Gasteiger partial charge is 0.487 e. The molecule has 2 aromatic heterocycles. The summed E-state index contributed by atoms with van der Waals surface area (Å²) < 4.78 is 11.3. The molecule has 9 nitrogen and oxygen atoms in total. The maximum atomic E-state index is 12.6. The van der Waals surface area contributed by atoms with Crippen molar-refractivity contribution in [3.8, 4) is 5.75 Å². The maximum Gasteiger partial charge on any atom is 0.274 e. The number of likely N-dealkylation sites (tertiary alicyclic amines) is 1. The number of amides is 2. The molecule has 2 N–H and O–H groups in total. The molecule has 9 heteroatoms. The van der Waals surface area contributed by atoms with Gasteiger partial charge in [-0.05, 0) is 50.1 Å². The molecule has 0 spiro atoms. The van der Waals surface area contributed by atoms with Crippen LogP contribution in [0, 0.1) is 0 Å². The summed E-state index contributed by atoms with van der Waals surface area (Å²) in [6, 6.07) is 12.8. The van der Waals surface area contributed by atoms with Crippen LogP contribution in [0.25, 0.3) is 0 Å². The second-order valence-electron chi connectivity index (χ2n) is 10.7. The van der Waals surface area contributed by atoms with Crippen molar-refractivity contribution in [2.45, 2.75) is 65.0 Å². The van der Waals surface area contributed by atoms with E-state index in [1.807, 2.05) is 20.8 Å². The summed E-state index contributed by atoms with van der Waals surface area (Å²) in [7, 11) is 0. The highest BCUT2D eigenvalue weighted by atomic mass is 16.5. The van der Waals surface area contributed by atoms with Gasteiger partial charge in [-0.15, -0.1) is 0 Å². The van der Waals surface area contributed by atoms with Crippen LogP contribution in [0.4, 0.5) is 11.5 Å². The van der Waals surface area contributed by atoms with Crippen molar-refractivity contribution in [3.63, 3.8) is 0 Å². The van der Waals surface area contributed by atoms with Gasteiger partial charge in [0.05, 0.1) is 12.6 Å². The second-order valence-corrected chi connectivity index (χ2v) is 10.7. The summed E-state index contributed by atoms with van der Waals surface area (Å²) in [6.45, 7) is 12.3. The number of nitrogens with one attached hydrogen (secondary N) is 2. The molecule has 37 heavy (non-hydrogen) atoms. The number of aromatic nitrogens is 2. The lowest BCUT2D eigenvalue weighted by molar-refractivity contribution is -0.115. The van der Waals surface area contributed by atoms with Crippen LogP contribution in [-0.2, 0) is 16.6 Å². The van der Waals surface area contributed by atoms with Crippen LogP contribution < -0.4 is 15.4 Å². The molecule has 0 aliphatic carbocycles. The minimum Gasteiger partial charge on any atom is -0.487 e. The fourth-order valence-electron chi connectivity index (χ4n) is 4.06. The van der Waals surface area contributed by atoms with Gasteiger partial charge in [-0.2, -0.15) is 0 Å². The molecule has 196 valence electrons. The Morgan fingerprint density at radius 3 is 2.49 bits per heavy atom. The van der Waals surface area contributed by atoms with E-state index in [4.69, 9.17) is 9.26 Å². The first kappa shape index (κ1) is 26.3. The molecule has 1 fully saturated rings. The predicted octanol–water partition coefficient (Wildman–Crippen LogP) is 4.66. The van der Waals surface area contributed by atoms with Gasteiger partial charge in [0.15, 0.2) is 5.82 Å². The molecule has 1 saturated heterocycles. The average molecular weight is 506 g/mol. The van der Waals surface area contributed by atoms with Gasteiger partial charge in [-0.3, -0.25) is 14.5 Å². The number of benzene rings is 1. The first-order valence-corrected chi connectivity index (χ1v) is 12.6. The summed E-state index contributed by atoms with van der Waals surface area (Å²) in [4.78, 5) is 31.7. The number of ether oxygens (including phenoxy) is 1. The van der Waals surface area contributed by atoms with Gasteiger partial charge >= 0.3 is 0 Å². The minimum absolute atomic E-state index is 0.140. The van der Waals surface area contributed by atoms with Crippen molar-refractivity contribution in [3.05, 3.63) is 65.7 Å². The average Bonchev–Trinajstić information content (AvgIpc) is 3.51. The minimum atomic E-state index is -0.315. The standard InChI is InChI=1S/C28H35N5O4/c1-18(2)33-13-12-22(17-33)36-21-10-11-23(29-16-21)27(35)30-20-8-6-19(7-9-20)14-26(34)31-25-15-24(37-32-25)28(3,4)5/h6-11,15-16,18,22H,12-14,17H2,1-5H3,(H,30,35)(H,31,32,34)/t22-/m0/s1. The van der Waals surface area contributed by atoms with E-state index < -0.39 is 0 Å². The normalized spacial score (nSPS) is 16.1. The molecule has 1 aliphatic heterocycles. The molecule has 0 radical (unpaired) electrons. The van der Waals surface area contributed by atoms with Crippen LogP contribution in [0.2, 0.25) is 0 Å². The molecule has 1 aliphatic rings. The summed E-state index contributed by atoms with van der Waals surface area (Å²) in [5, 5.41) is 9.49. The number of carbonyl (C=O) groups excluding carboxylic acids is 2. The Kier molecular flexibility index (Phi) is 7.92. The maximum absolute atomic E-state index is 12.6. The summed E-state index contributed by atoms with van der Waals surface area (Å²) in [5.74, 6) is 1.24. The monoisotopic (exact) mass is 505 g/mol. The third-order valence-electron chi connectivity index (χ3n) is 6.27. The van der Waals surface area contributed by atoms with Crippen LogP contribution in [-0.4, -0.2) is 52.1 Å². The van der Waals surface area contributed by atoms with Crippen molar-refractivity contribution in [1.82, 2.24) is 15.0 Å². The molecular formula is C28H35N5O4. The zero-order valence-electron chi connectivity index (χ0n) is 22.1. The van der Waals surface area contributed by atoms with Gasteiger partial charge in [0.2, 0.25) is 5.91 Å². The zero-order chi connectivity index (χ0) is 26.6. The van der Waals surface area contributed by atoms with Gasteiger partial charge in [-0.1, -0.05) is 38.1 Å². The Balaban J connectivity index is 1.26. The predicted molar refractivity (Wildman–Crippen MR) is 142 cm³/mol. The number of anilines is 2. The number of hydrogen-bond donors (Lipinski definition) is 2. The van der Waals surface area contributed by atoms with E-state index in [0.717, 1.165) is 25.1 Å². The van der Waals surface area contributed by atoms with E-state index in [9.17, 15) is 9.59 Å². The van der Waals surface area contributed by atoms with E-state index in [1.165, 1.54) is 0 Å². The first-order valence-electron chi connectivity index (χ1n) is 12.6. The fourth-order valence-corrected chi connectivity index (χ4v) is 4.06. The van der Waals surface area contributed by atoms with Crippen molar-refractivity contribution < 1.29 is 18.8 Å². The third kappa shape index (κ3) is 7.16. The molecule has 1 atom stereocenters. The van der Waals surface area contributed by atoms with Crippen LogP contribution >= 0.6 is 0 Å². The summed E-state index contributed by atoms with van der Waals surface area (Å²) >= 11 is 0. The van der Waals surface area contributed by atoms with Crippen molar-refractivity contribution in [2.24, 2.45) is 0 Å². The lowest BCUT2D eigenvalue weighted by Crippen LogP contribution is -2.30. The molecule has 0 unspecified atom stereocenters. The van der Waals surface area contributed by atoms with Crippen LogP contribution in [0.5, 0.6) is 5.75 Å². The number of pyridine rings is 1. The van der Waals surface area contributed by atoms with Gasteiger partial charge in [0.25, 0.3) is 5.91 Å². The van der Waals surface area contributed by atoms with Crippen LogP contribution in [0.15, 0.2) is 53.2 Å². The van der Waals surface area contributed by atoms with Crippen molar-refractivity contribution >= 4 is 23.3 Å². The van der Waals surface area contributed by atoms with Gasteiger partial charge in [-0.25, -0.2) is 4.98 Å².